The van der Waals surface area contributed by atoms with E-state index < -0.39 is 0 Å². The fourth-order valence-corrected chi connectivity index (χ4v) is 2.13. The maximum Gasteiger partial charge on any atom is 0.180 e. The highest BCUT2D eigenvalue weighted by molar-refractivity contribution is 5.65. The molecule has 0 saturated heterocycles. The zero-order valence-electron chi connectivity index (χ0n) is 12.0. The van der Waals surface area contributed by atoms with Gasteiger partial charge in [0.15, 0.2) is 11.5 Å². The Morgan fingerprint density at radius 2 is 2.00 bits per heavy atom. The molecule has 0 spiro atoms. The van der Waals surface area contributed by atoms with E-state index >= 15 is 0 Å². The molecule has 0 aliphatic carbocycles. The Morgan fingerprint density at radius 1 is 1.21 bits per heavy atom. The average molecular weight is 261 g/mol. The van der Waals surface area contributed by atoms with Crippen molar-refractivity contribution in [2.24, 2.45) is 5.92 Å². The average Bonchev–Trinajstić information content (AvgIpc) is 2.88. The standard InChI is InChI=1S/C14H23N5/c1-4-11(5-2)9-17-13-14-16-7-8-19(14)10-12(18-13)15-6-3/h7-8,10-11,15H,4-6,9H2,1-3H3,(H,17,18). The third-order valence-electron chi connectivity index (χ3n) is 3.44. The van der Waals surface area contributed by atoms with Gasteiger partial charge in [0.1, 0.15) is 5.82 Å². The minimum Gasteiger partial charge on any atom is -0.369 e. The third kappa shape index (κ3) is 3.16. The fraction of sp³-hybridized carbons (Fsp3) is 0.571. The lowest BCUT2D eigenvalue weighted by molar-refractivity contribution is 0.518. The minimum atomic E-state index is 0.680. The molecule has 0 saturated carbocycles. The summed E-state index contributed by atoms with van der Waals surface area (Å²) in [5.74, 6) is 2.41. The van der Waals surface area contributed by atoms with Gasteiger partial charge in [0.2, 0.25) is 0 Å². The lowest BCUT2D eigenvalue weighted by Gasteiger charge is -2.15. The second-order valence-corrected chi connectivity index (χ2v) is 4.73. The van der Waals surface area contributed by atoms with Crippen molar-refractivity contribution in [2.45, 2.75) is 33.6 Å². The summed E-state index contributed by atoms with van der Waals surface area (Å²) in [6.07, 6.45) is 8.07. The van der Waals surface area contributed by atoms with Gasteiger partial charge < -0.3 is 15.0 Å². The number of nitrogens with one attached hydrogen (secondary N) is 2. The molecule has 104 valence electrons. The van der Waals surface area contributed by atoms with Crippen LogP contribution in [0.25, 0.3) is 5.65 Å². The van der Waals surface area contributed by atoms with E-state index in [-0.39, 0.29) is 0 Å². The highest BCUT2D eigenvalue weighted by Gasteiger charge is 2.09. The van der Waals surface area contributed by atoms with Crippen molar-refractivity contribution >= 4 is 17.3 Å². The van der Waals surface area contributed by atoms with Crippen molar-refractivity contribution in [1.82, 2.24) is 14.4 Å². The van der Waals surface area contributed by atoms with E-state index in [1.807, 2.05) is 16.8 Å². The summed E-state index contributed by atoms with van der Waals surface area (Å²) >= 11 is 0. The van der Waals surface area contributed by atoms with Crippen LogP contribution in [0.3, 0.4) is 0 Å². The van der Waals surface area contributed by atoms with Crippen LogP contribution in [-0.2, 0) is 0 Å². The monoisotopic (exact) mass is 261 g/mol. The van der Waals surface area contributed by atoms with Crippen molar-refractivity contribution in [3.05, 3.63) is 18.6 Å². The highest BCUT2D eigenvalue weighted by atomic mass is 15.1. The number of anilines is 2. The molecule has 0 amide bonds. The summed E-state index contributed by atoms with van der Waals surface area (Å²) < 4.78 is 2.00. The Hall–Kier alpha value is -1.78. The third-order valence-corrected chi connectivity index (χ3v) is 3.44. The van der Waals surface area contributed by atoms with Crippen LogP contribution in [0.15, 0.2) is 18.6 Å². The zero-order chi connectivity index (χ0) is 13.7. The van der Waals surface area contributed by atoms with Gasteiger partial charge in [-0.3, -0.25) is 0 Å². The summed E-state index contributed by atoms with van der Waals surface area (Å²) in [4.78, 5) is 8.96. The Labute approximate surface area is 114 Å². The van der Waals surface area contributed by atoms with Crippen molar-refractivity contribution in [3.63, 3.8) is 0 Å². The number of nitrogens with zero attached hydrogens (tertiary/aromatic N) is 3. The first-order valence-corrected chi connectivity index (χ1v) is 7.09. The van der Waals surface area contributed by atoms with Gasteiger partial charge in [-0.1, -0.05) is 26.7 Å². The summed E-state index contributed by atoms with van der Waals surface area (Å²) in [6, 6.07) is 0. The van der Waals surface area contributed by atoms with Gasteiger partial charge in [-0.05, 0) is 12.8 Å². The topological polar surface area (TPSA) is 54.2 Å². The SMILES string of the molecule is CCNc1cn2ccnc2c(NCC(CC)CC)n1. The van der Waals surface area contributed by atoms with Crippen LogP contribution in [0.4, 0.5) is 11.6 Å². The molecule has 2 N–H and O–H groups in total. The quantitative estimate of drug-likeness (QED) is 0.804. The number of hydrogen-bond donors (Lipinski definition) is 2. The Balaban J connectivity index is 2.22. The number of imidazole rings is 1. The Morgan fingerprint density at radius 3 is 2.68 bits per heavy atom. The summed E-state index contributed by atoms with van der Waals surface area (Å²) in [6.45, 7) is 8.32. The van der Waals surface area contributed by atoms with Crippen LogP contribution in [-0.4, -0.2) is 27.5 Å². The van der Waals surface area contributed by atoms with Gasteiger partial charge in [-0.25, -0.2) is 9.97 Å². The predicted molar refractivity (Wildman–Crippen MR) is 79.7 cm³/mol. The highest BCUT2D eigenvalue weighted by Crippen LogP contribution is 2.17. The van der Waals surface area contributed by atoms with E-state index in [2.05, 4.69) is 41.4 Å². The first-order chi connectivity index (χ1) is 9.28. The molecule has 2 heterocycles. The van der Waals surface area contributed by atoms with Crippen LogP contribution in [0.2, 0.25) is 0 Å². The smallest absolute Gasteiger partial charge is 0.180 e. The predicted octanol–water partition coefficient (Wildman–Crippen LogP) is 3.01. The summed E-state index contributed by atoms with van der Waals surface area (Å²) in [7, 11) is 0. The maximum atomic E-state index is 4.60. The zero-order valence-corrected chi connectivity index (χ0v) is 12.0. The molecule has 0 unspecified atom stereocenters. The van der Waals surface area contributed by atoms with Crippen LogP contribution in [0, 0.1) is 5.92 Å². The molecule has 2 aromatic rings. The molecule has 2 rings (SSSR count). The van der Waals surface area contributed by atoms with Crippen LogP contribution in [0.1, 0.15) is 33.6 Å². The first kappa shape index (κ1) is 13.6. The van der Waals surface area contributed by atoms with Crippen molar-refractivity contribution in [1.29, 1.82) is 0 Å². The van der Waals surface area contributed by atoms with E-state index in [9.17, 15) is 0 Å². The number of hydrogen-bond acceptors (Lipinski definition) is 4. The molecule has 19 heavy (non-hydrogen) atoms. The van der Waals surface area contributed by atoms with E-state index in [0.717, 1.165) is 30.4 Å². The van der Waals surface area contributed by atoms with Gasteiger partial charge >= 0.3 is 0 Å². The second-order valence-electron chi connectivity index (χ2n) is 4.73. The molecule has 0 radical (unpaired) electrons. The van der Waals surface area contributed by atoms with Crippen LogP contribution < -0.4 is 10.6 Å². The Bertz CT molecular complexity index is 516. The summed E-state index contributed by atoms with van der Waals surface area (Å²) in [5.41, 5.74) is 0.882. The lowest BCUT2D eigenvalue weighted by atomic mass is 10.0. The fourth-order valence-electron chi connectivity index (χ4n) is 2.13. The van der Waals surface area contributed by atoms with E-state index in [1.165, 1.54) is 12.8 Å². The van der Waals surface area contributed by atoms with E-state index in [4.69, 9.17) is 0 Å². The molecule has 0 aliphatic heterocycles. The van der Waals surface area contributed by atoms with Gasteiger partial charge in [0.05, 0.1) is 6.20 Å². The van der Waals surface area contributed by atoms with Crippen molar-refractivity contribution in [2.75, 3.05) is 23.7 Å². The van der Waals surface area contributed by atoms with Gasteiger partial charge in [0, 0.05) is 25.5 Å². The molecule has 0 fully saturated rings. The van der Waals surface area contributed by atoms with Gasteiger partial charge in [0.25, 0.3) is 0 Å². The minimum absolute atomic E-state index is 0.680. The molecule has 0 aromatic carbocycles. The second kappa shape index (κ2) is 6.41. The molecule has 2 aromatic heterocycles. The number of rotatable bonds is 7. The van der Waals surface area contributed by atoms with E-state index in [1.54, 1.807) is 6.20 Å². The normalized spacial score (nSPS) is 11.2. The molecule has 0 bridgehead atoms. The Kier molecular flexibility index (Phi) is 4.60. The van der Waals surface area contributed by atoms with Crippen LogP contribution >= 0.6 is 0 Å². The molecule has 0 aliphatic rings. The molecule has 5 nitrogen and oxygen atoms in total. The molecule has 0 atom stereocenters. The maximum absolute atomic E-state index is 4.60. The van der Waals surface area contributed by atoms with Crippen LogP contribution in [0.5, 0.6) is 0 Å². The van der Waals surface area contributed by atoms with E-state index in [0.29, 0.717) is 5.92 Å². The molecular weight excluding hydrogens is 238 g/mol. The largest absolute Gasteiger partial charge is 0.369 e. The van der Waals surface area contributed by atoms with Gasteiger partial charge in [-0.2, -0.15) is 0 Å². The number of aromatic nitrogens is 3. The molecular formula is C14H23N5. The van der Waals surface area contributed by atoms with Crippen molar-refractivity contribution in [3.8, 4) is 0 Å². The molecule has 5 heteroatoms. The first-order valence-electron chi connectivity index (χ1n) is 7.09. The number of fused-ring (bicyclic) bond motifs is 1. The lowest BCUT2D eigenvalue weighted by Crippen LogP contribution is -2.15. The summed E-state index contributed by atoms with van der Waals surface area (Å²) in [5, 5.41) is 6.69. The van der Waals surface area contributed by atoms with Gasteiger partial charge in [-0.15, -0.1) is 0 Å². The van der Waals surface area contributed by atoms with Crippen molar-refractivity contribution < 1.29 is 0 Å².